The zero-order chi connectivity index (χ0) is 19.0. The van der Waals surface area contributed by atoms with Crippen molar-refractivity contribution in [1.29, 1.82) is 0 Å². The van der Waals surface area contributed by atoms with Gasteiger partial charge in [-0.2, -0.15) is 0 Å². The lowest BCUT2D eigenvalue weighted by Gasteiger charge is -2.27. The fourth-order valence-corrected chi connectivity index (χ4v) is 3.75. The number of ether oxygens (including phenoxy) is 2. The van der Waals surface area contributed by atoms with Crippen molar-refractivity contribution in [3.05, 3.63) is 23.9 Å². The van der Waals surface area contributed by atoms with Gasteiger partial charge in [0.2, 0.25) is 5.88 Å². The third kappa shape index (κ3) is 5.81. The maximum atomic E-state index is 9.33. The van der Waals surface area contributed by atoms with Crippen molar-refractivity contribution in [2.75, 3.05) is 33.4 Å². The van der Waals surface area contributed by atoms with Gasteiger partial charge in [-0.1, -0.05) is 6.07 Å². The van der Waals surface area contributed by atoms with E-state index in [4.69, 9.17) is 9.47 Å². The summed E-state index contributed by atoms with van der Waals surface area (Å²) in [6.45, 7) is 3.00. The Morgan fingerprint density at radius 2 is 2.22 bits per heavy atom. The lowest BCUT2D eigenvalue weighted by atomic mass is 9.84. The summed E-state index contributed by atoms with van der Waals surface area (Å²) >= 11 is 0. The van der Waals surface area contributed by atoms with Crippen LogP contribution in [0, 0.1) is 5.41 Å². The summed E-state index contributed by atoms with van der Waals surface area (Å²) in [5.74, 6) is 1.45. The van der Waals surface area contributed by atoms with E-state index in [0.717, 1.165) is 50.4 Å². The predicted molar refractivity (Wildman–Crippen MR) is 105 cm³/mol. The van der Waals surface area contributed by atoms with E-state index in [-0.39, 0.29) is 12.0 Å². The number of aliphatic hydroxyl groups is 1. The number of nitrogens with one attached hydrogen (secondary N) is 2. The van der Waals surface area contributed by atoms with Gasteiger partial charge in [-0.3, -0.25) is 4.99 Å². The molecule has 0 spiro atoms. The molecule has 0 aromatic carbocycles. The van der Waals surface area contributed by atoms with E-state index in [9.17, 15) is 5.11 Å². The van der Waals surface area contributed by atoms with Crippen molar-refractivity contribution < 1.29 is 14.6 Å². The largest absolute Gasteiger partial charge is 0.474 e. The molecule has 3 rings (SSSR count). The van der Waals surface area contributed by atoms with Crippen molar-refractivity contribution in [3.63, 3.8) is 0 Å². The monoisotopic (exact) mass is 376 g/mol. The molecule has 1 unspecified atom stereocenters. The highest BCUT2D eigenvalue weighted by atomic mass is 16.5. The highest BCUT2D eigenvalue weighted by Crippen LogP contribution is 2.31. The number of aromatic nitrogens is 1. The van der Waals surface area contributed by atoms with Gasteiger partial charge in [0.05, 0.1) is 6.61 Å². The van der Waals surface area contributed by atoms with Gasteiger partial charge >= 0.3 is 0 Å². The van der Waals surface area contributed by atoms with Crippen LogP contribution in [0.1, 0.15) is 44.1 Å². The number of hydrogen-bond donors (Lipinski definition) is 3. The Bertz CT molecular complexity index is 594. The van der Waals surface area contributed by atoms with E-state index in [1.165, 1.54) is 12.8 Å². The number of nitrogens with zero attached hydrogens (tertiary/aromatic N) is 2. The molecule has 2 aliphatic rings. The molecule has 2 heterocycles. The number of hydrogen-bond acceptors (Lipinski definition) is 5. The van der Waals surface area contributed by atoms with Gasteiger partial charge in [0.25, 0.3) is 0 Å². The van der Waals surface area contributed by atoms with Gasteiger partial charge < -0.3 is 25.2 Å². The van der Waals surface area contributed by atoms with E-state index in [1.54, 1.807) is 7.05 Å². The van der Waals surface area contributed by atoms with Crippen molar-refractivity contribution in [2.45, 2.75) is 51.2 Å². The maximum absolute atomic E-state index is 9.33. The van der Waals surface area contributed by atoms with Crippen LogP contribution < -0.4 is 15.4 Å². The summed E-state index contributed by atoms with van der Waals surface area (Å²) in [5, 5.41) is 16.0. The third-order valence-electron chi connectivity index (χ3n) is 5.53. The Morgan fingerprint density at radius 1 is 1.37 bits per heavy atom. The lowest BCUT2D eigenvalue weighted by Crippen LogP contribution is -2.44. The molecule has 1 saturated heterocycles. The molecule has 1 aliphatic heterocycles. The van der Waals surface area contributed by atoms with E-state index < -0.39 is 0 Å². The Kier molecular flexibility index (Phi) is 7.29. The number of aliphatic imine (C=N–C) groups is 1. The van der Waals surface area contributed by atoms with Crippen LogP contribution in [0.3, 0.4) is 0 Å². The number of guanidine groups is 1. The molecule has 27 heavy (non-hydrogen) atoms. The lowest BCUT2D eigenvalue weighted by molar-refractivity contribution is 0.127. The van der Waals surface area contributed by atoms with Crippen LogP contribution >= 0.6 is 0 Å². The number of pyridine rings is 1. The summed E-state index contributed by atoms with van der Waals surface area (Å²) < 4.78 is 11.4. The van der Waals surface area contributed by atoms with E-state index in [2.05, 4.69) is 20.6 Å². The molecule has 3 N–H and O–H groups in total. The summed E-state index contributed by atoms with van der Waals surface area (Å²) in [7, 11) is 1.76. The minimum atomic E-state index is -0.00679. The number of aliphatic hydroxyl groups excluding tert-OH is 1. The molecule has 7 heteroatoms. The molecular weight excluding hydrogens is 344 g/mol. The first-order valence-electron chi connectivity index (χ1n) is 9.98. The SMILES string of the molecule is CN=C(NCc1ccc(OC2CCCC2)nc1)NCC1(CCO)CCOC1. The summed E-state index contributed by atoms with van der Waals surface area (Å²) in [5.41, 5.74) is 1.07. The molecule has 0 radical (unpaired) electrons. The Morgan fingerprint density at radius 3 is 2.85 bits per heavy atom. The second-order valence-electron chi connectivity index (χ2n) is 7.58. The van der Waals surface area contributed by atoms with E-state index in [0.29, 0.717) is 25.1 Å². The smallest absolute Gasteiger partial charge is 0.213 e. The van der Waals surface area contributed by atoms with E-state index in [1.807, 2.05) is 18.3 Å². The fraction of sp³-hybridized carbons (Fsp3) is 0.700. The zero-order valence-corrected chi connectivity index (χ0v) is 16.2. The molecule has 150 valence electrons. The normalized spacial score (nSPS) is 23.6. The maximum Gasteiger partial charge on any atom is 0.213 e. The van der Waals surface area contributed by atoms with Crippen LogP contribution in [0.25, 0.3) is 0 Å². The highest BCUT2D eigenvalue weighted by Gasteiger charge is 2.34. The van der Waals surface area contributed by atoms with Crippen LogP contribution in [0.4, 0.5) is 0 Å². The second kappa shape index (κ2) is 9.90. The van der Waals surface area contributed by atoms with Crippen molar-refractivity contribution in [2.24, 2.45) is 10.4 Å². The first-order valence-corrected chi connectivity index (χ1v) is 9.98. The molecule has 2 fully saturated rings. The highest BCUT2D eigenvalue weighted by molar-refractivity contribution is 5.79. The van der Waals surface area contributed by atoms with Crippen LogP contribution in [0.15, 0.2) is 23.3 Å². The second-order valence-corrected chi connectivity index (χ2v) is 7.58. The quantitative estimate of drug-likeness (QED) is 0.474. The number of rotatable bonds is 8. The molecule has 1 saturated carbocycles. The van der Waals surface area contributed by atoms with Crippen molar-refractivity contribution in [1.82, 2.24) is 15.6 Å². The van der Waals surface area contributed by atoms with Crippen LogP contribution in [0.5, 0.6) is 5.88 Å². The first-order chi connectivity index (χ1) is 13.2. The Labute approximate surface area is 161 Å². The average molecular weight is 377 g/mol. The van der Waals surface area contributed by atoms with Crippen LogP contribution in [-0.4, -0.2) is 55.6 Å². The van der Waals surface area contributed by atoms with Gasteiger partial charge in [0.15, 0.2) is 5.96 Å². The molecule has 1 atom stereocenters. The molecule has 1 aromatic rings. The van der Waals surface area contributed by atoms with E-state index >= 15 is 0 Å². The Hall–Kier alpha value is -1.86. The van der Waals surface area contributed by atoms with Crippen LogP contribution in [0.2, 0.25) is 0 Å². The van der Waals surface area contributed by atoms with Gasteiger partial charge in [-0.15, -0.1) is 0 Å². The molecule has 0 bridgehead atoms. The molecule has 1 aromatic heterocycles. The minimum absolute atomic E-state index is 0.00679. The molecular formula is C20H32N4O3. The van der Waals surface area contributed by atoms with Gasteiger partial charge in [-0.25, -0.2) is 4.98 Å². The third-order valence-corrected chi connectivity index (χ3v) is 5.53. The van der Waals surface area contributed by atoms with Crippen molar-refractivity contribution >= 4 is 5.96 Å². The van der Waals surface area contributed by atoms with Gasteiger partial charge in [0.1, 0.15) is 6.10 Å². The first kappa shape index (κ1) is 19.9. The summed E-state index contributed by atoms with van der Waals surface area (Å²) in [6.07, 6.45) is 8.66. The molecule has 7 nitrogen and oxygen atoms in total. The Balaban J connectivity index is 1.44. The predicted octanol–water partition coefficient (Wildman–Crippen LogP) is 1.86. The topological polar surface area (TPSA) is 88.0 Å². The molecule has 0 amide bonds. The van der Waals surface area contributed by atoms with Crippen molar-refractivity contribution in [3.8, 4) is 5.88 Å². The van der Waals surface area contributed by atoms with Gasteiger partial charge in [-0.05, 0) is 44.1 Å². The summed E-state index contributed by atoms with van der Waals surface area (Å²) in [6, 6.07) is 3.98. The standard InChI is InChI=1S/C20H32N4O3/c1-21-19(24-14-20(8-10-25)9-11-26-15-20)23-13-16-6-7-18(22-12-16)27-17-4-2-3-5-17/h6-7,12,17,25H,2-5,8-11,13-15H2,1H3,(H2,21,23,24). The average Bonchev–Trinajstić information content (AvgIpc) is 3.36. The minimum Gasteiger partial charge on any atom is -0.474 e. The van der Waals surface area contributed by atoms with Crippen LogP contribution in [-0.2, 0) is 11.3 Å². The zero-order valence-electron chi connectivity index (χ0n) is 16.2. The fourth-order valence-electron chi connectivity index (χ4n) is 3.75. The van der Waals surface area contributed by atoms with Gasteiger partial charge in [0, 0.05) is 51.0 Å². The molecule has 1 aliphatic carbocycles. The summed E-state index contributed by atoms with van der Waals surface area (Å²) in [4.78, 5) is 8.71.